The molecular formula is C15H17NO2S. The summed E-state index contributed by atoms with van der Waals surface area (Å²) in [6, 6.07) is 10.9. The lowest BCUT2D eigenvalue weighted by Crippen LogP contribution is -2.19. The van der Waals surface area contributed by atoms with Gasteiger partial charge in [-0.05, 0) is 37.1 Å². The smallest absolute Gasteiger partial charge is 0.331 e. The van der Waals surface area contributed by atoms with Crippen LogP contribution in [0.5, 0.6) is 0 Å². The van der Waals surface area contributed by atoms with Gasteiger partial charge in [-0.15, -0.1) is 11.3 Å². The fourth-order valence-electron chi connectivity index (χ4n) is 1.88. The lowest BCUT2D eigenvalue weighted by molar-refractivity contribution is -0.138. The van der Waals surface area contributed by atoms with Crippen LogP contribution in [0.2, 0.25) is 0 Å². The van der Waals surface area contributed by atoms with E-state index in [9.17, 15) is 9.90 Å². The molecule has 1 aromatic heterocycles. The van der Waals surface area contributed by atoms with Crippen LogP contribution in [0, 0.1) is 6.92 Å². The summed E-state index contributed by atoms with van der Waals surface area (Å²) in [5.74, 6) is -0.854. The second-order valence-corrected chi connectivity index (χ2v) is 5.59. The molecule has 0 aliphatic rings. The van der Waals surface area contributed by atoms with Crippen molar-refractivity contribution in [3.05, 3.63) is 51.7 Å². The van der Waals surface area contributed by atoms with Crippen molar-refractivity contribution in [2.24, 2.45) is 0 Å². The number of carboxylic acid groups (broad SMARTS) is 1. The quantitative estimate of drug-likeness (QED) is 0.871. The first kappa shape index (κ1) is 13.6. The molecule has 0 aliphatic heterocycles. The van der Waals surface area contributed by atoms with Crippen LogP contribution >= 0.6 is 11.3 Å². The fourth-order valence-corrected chi connectivity index (χ4v) is 2.88. The predicted molar refractivity (Wildman–Crippen MR) is 78.9 cm³/mol. The maximum absolute atomic E-state index is 11.5. The molecule has 0 radical (unpaired) electrons. The number of hydrogen-bond donors (Lipinski definition) is 2. The minimum atomic E-state index is -0.854. The van der Waals surface area contributed by atoms with Crippen LogP contribution < -0.4 is 5.32 Å². The number of rotatable bonds is 5. The van der Waals surface area contributed by atoms with E-state index in [1.165, 1.54) is 4.88 Å². The molecule has 2 N–H and O–H groups in total. The van der Waals surface area contributed by atoms with Crippen LogP contribution in [-0.4, -0.2) is 11.1 Å². The molecule has 100 valence electrons. The lowest BCUT2D eigenvalue weighted by Gasteiger charge is -2.16. The van der Waals surface area contributed by atoms with Gasteiger partial charge in [0.25, 0.3) is 0 Å². The first-order chi connectivity index (χ1) is 9.11. The van der Waals surface area contributed by atoms with E-state index in [1.807, 2.05) is 43.3 Å². The van der Waals surface area contributed by atoms with Crippen LogP contribution in [0.1, 0.15) is 28.3 Å². The second kappa shape index (κ2) is 5.89. The van der Waals surface area contributed by atoms with Crippen LogP contribution in [0.4, 0.5) is 5.69 Å². The van der Waals surface area contributed by atoms with Gasteiger partial charge in [0.1, 0.15) is 0 Å². The summed E-state index contributed by atoms with van der Waals surface area (Å²) in [5.41, 5.74) is 1.90. The molecule has 0 amide bonds. The van der Waals surface area contributed by atoms with E-state index < -0.39 is 12.0 Å². The number of thiophene rings is 1. The van der Waals surface area contributed by atoms with E-state index in [1.54, 1.807) is 11.3 Å². The van der Waals surface area contributed by atoms with Crippen molar-refractivity contribution in [1.82, 2.24) is 0 Å². The second-order valence-electron chi connectivity index (χ2n) is 4.39. The summed E-state index contributed by atoms with van der Waals surface area (Å²) in [4.78, 5) is 13.5. The Balaban J connectivity index is 2.26. The highest BCUT2D eigenvalue weighted by Crippen LogP contribution is 2.28. The Morgan fingerprint density at radius 2 is 2.05 bits per heavy atom. The first-order valence-corrected chi connectivity index (χ1v) is 7.07. The Labute approximate surface area is 116 Å². The molecule has 2 aromatic rings. The average molecular weight is 275 g/mol. The topological polar surface area (TPSA) is 49.3 Å². The summed E-state index contributed by atoms with van der Waals surface area (Å²) in [6.45, 7) is 4.04. The number of hydrogen-bond acceptors (Lipinski definition) is 3. The number of carbonyl (C=O) groups is 1. The largest absolute Gasteiger partial charge is 0.479 e. The molecule has 1 atom stereocenters. The minimum Gasteiger partial charge on any atom is -0.479 e. The highest BCUT2D eigenvalue weighted by molar-refractivity contribution is 7.12. The van der Waals surface area contributed by atoms with Crippen molar-refractivity contribution in [1.29, 1.82) is 0 Å². The van der Waals surface area contributed by atoms with Gasteiger partial charge in [0.2, 0.25) is 0 Å². The maximum atomic E-state index is 11.5. The standard InChI is InChI=1S/C15H17NO2S/c1-3-11-8-9-13(19-11)14(15(17)18)16-12-7-5-4-6-10(12)2/h4-9,14,16H,3H2,1-2H3,(H,17,18). The Morgan fingerprint density at radius 3 is 2.63 bits per heavy atom. The zero-order valence-corrected chi connectivity index (χ0v) is 11.8. The van der Waals surface area contributed by atoms with Crippen molar-refractivity contribution >= 4 is 23.0 Å². The number of anilines is 1. The van der Waals surface area contributed by atoms with E-state index in [0.717, 1.165) is 22.5 Å². The molecule has 0 spiro atoms. The van der Waals surface area contributed by atoms with Gasteiger partial charge in [0.15, 0.2) is 6.04 Å². The molecule has 0 fully saturated rings. The van der Waals surface area contributed by atoms with Gasteiger partial charge in [-0.2, -0.15) is 0 Å². The molecule has 0 aliphatic carbocycles. The highest BCUT2D eigenvalue weighted by atomic mass is 32.1. The molecule has 1 heterocycles. The monoisotopic (exact) mass is 275 g/mol. The fraction of sp³-hybridized carbons (Fsp3) is 0.267. The minimum absolute atomic E-state index is 0.689. The first-order valence-electron chi connectivity index (χ1n) is 6.25. The molecule has 0 saturated heterocycles. The van der Waals surface area contributed by atoms with Crippen molar-refractivity contribution in [2.75, 3.05) is 5.32 Å². The SMILES string of the molecule is CCc1ccc(C(Nc2ccccc2C)C(=O)O)s1. The molecule has 3 nitrogen and oxygen atoms in total. The number of benzene rings is 1. The van der Waals surface area contributed by atoms with Crippen LogP contribution in [-0.2, 0) is 11.2 Å². The third kappa shape index (κ3) is 3.15. The third-order valence-corrected chi connectivity index (χ3v) is 4.30. The lowest BCUT2D eigenvalue weighted by atomic mass is 10.1. The zero-order valence-electron chi connectivity index (χ0n) is 11.0. The Bertz CT molecular complexity index is 577. The molecule has 19 heavy (non-hydrogen) atoms. The molecule has 4 heteroatoms. The average Bonchev–Trinajstić information content (AvgIpc) is 2.86. The molecule has 0 saturated carbocycles. The van der Waals surface area contributed by atoms with Gasteiger partial charge in [0, 0.05) is 15.4 Å². The van der Waals surface area contributed by atoms with Crippen LogP contribution in [0.25, 0.3) is 0 Å². The van der Waals surface area contributed by atoms with Gasteiger partial charge >= 0.3 is 5.97 Å². The number of nitrogens with one attached hydrogen (secondary N) is 1. The summed E-state index contributed by atoms with van der Waals surface area (Å²) in [6.07, 6.45) is 0.932. The molecule has 2 rings (SSSR count). The Hall–Kier alpha value is -1.81. The zero-order chi connectivity index (χ0) is 13.8. The maximum Gasteiger partial charge on any atom is 0.331 e. The summed E-state index contributed by atoms with van der Waals surface area (Å²) >= 11 is 1.55. The number of para-hydroxylation sites is 1. The Kier molecular flexibility index (Phi) is 4.22. The number of carboxylic acids is 1. The third-order valence-electron chi connectivity index (χ3n) is 3.01. The number of aliphatic carboxylic acids is 1. The van der Waals surface area contributed by atoms with E-state index in [-0.39, 0.29) is 0 Å². The molecule has 0 bridgehead atoms. The van der Waals surface area contributed by atoms with E-state index >= 15 is 0 Å². The summed E-state index contributed by atoms with van der Waals surface area (Å²) in [7, 11) is 0. The van der Waals surface area contributed by atoms with E-state index in [2.05, 4.69) is 12.2 Å². The van der Waals surface area contributed by atoms with Gasteiger partial charge in [-0.1, -0.05) is 25.1 Å². The predicted octanol–water partition coefficient (Wildman–Crippen LogP) is 3.86. The van der Waals surface area contributed by atoms with Crippen molar-refractivity contribution in [3.8, 4) is 0 Å². The number of aryl methyl sites for hydroxylation is 2. The van der Waals surface area contributed by atoms with Gasteiger partial charge in [0.05, 0.1) is 0 Å². The van der Waals surface area contributed by atoms with E-state index in [4.69, 9.17) is 0 Å². The van der Waals surface area contributed by atoms with Crippen LogP contribution in [0.3, 0.4) is 0 Å². The summed E-state index contributed by atoms with van der Waals surface area (Å²) < 4.78 is 0. The van der Waals surface area contributed by atoms with Crippen molar-refractivity contribution < 1.29 is 9.90 Å². The normalized spacial score (nSPS) is 12.1. The Morgan fingerprint density at radius 1 is 1.32 bits per heavy atom. The van der Waals surface area contributed by atoms with E-state index in [0.29, 0.717) is 0 Å². The van der Waals surface area contributed by atoms with Crippen molar-refractivity contribution in [3.63, 3.8) is 0 Å². The highest BCUT2D eigenvalue weighted by Gasteiger charge is 2.21. The molecular weight excluding hydrogens is 258 g/mol. The summed E-state index contributed by atoms with van der Waals surface area (Å²) in [5, 5.41) is 12.5. The van der Waals surface area contributed by atoms with Gasteiger partial charge in [-0.3, -0.25) is 0 Å². The van der Waals surface area contributed by atoms with Crippen molar-refractivity contribution in [2.45, 2.75) is 26.3 Å². The molecule has 1 unspecified atom stereocenters. The van der Waals surface area contributed by atoms with Crippen LogP contribution in [0.15, 0.2) is 36.4 Å². The molecule has 1 aromatic carbocycles. The van der Waals surface area contributed by atoms with Gasteiger partial charge < -0.3 is 10.4 Å². The van der Waals surface area contributed by atoms with Gasteiger partial charge in [-0.25, -0.2) is 4.79 Å².